The summed E-state index contributed by atoms with van der Waals surface area (Å²) >= 11 is 1.59. The van der Waals surface area contributed by atoms with E-state index in [-0.39, 0.29) is 17.1 Å². The lowest BCUT2D eigenvalue weighted by Gasteiger charge is -2.13. The van der Waals surface area contributed by atoms with Crippen LogP contribution in [-0.2, 0) is 15.3 Å². The van der Waals surface area contributed by atoms with Crippen LogP contribution in [0.3, 0.4) is 0 Å². The molecule has 2 N–H and O–H groups in total. The first kappa shape index (κ1) is 17.1. The van der Waals surface area contributed by atoms with E-state index in [0.29, 0.717) is 11.4 Å². The molecule has 0 saturated heterocycles. The Morgan fingerprint density at radius 3 is 2.30 bits per heavy atom. The molecule has 0 aliphatic heterocycles. The zero-order valence-corrected chi connectivity index (χ0v) is 14.0. The molecule has 0 heterocycles. The maximum absolute atomic E-state index is 12.2. The highest BCUT2D eigenvalue weighted by atomic mass is 32.2. The van der Waals surface area contributed by atoms with Crippen LogP contribution in [0.4, 0.5) is 11.4 Å². The standard InChI is InChI=1S/C18H20N2O2S/c1-13(23-12-15-7-4-3-5-8-15)18(22)20-17-10-6-9-16(11-17)19-14(2)21/h3-11,13H,12H2,1-2H3,(H,19,21)(H,20,22). The van der Waals surface area contributed by atoms with Gasteiger partial charge in [0.25, 0.3) is 0 Å². The summed E-state index contributed by atoms with van der Waals surface area (Å²) in [4.78, 5) is 23.3. The van der Waals surface area contributed by atoms with Crippen molar-refractivity contribution >= 4 is 35.0 Å². The van der Waals surface area contributed by atoms with Crippen LogP contribution in [0.2, 0.25) is 0 Å². The minimum absolute atomic E-state index is 0.0501. The second kappa shape index (κ2) is 8.39. The van der Waals surface area contributed by atoms with Gasteiger partial charge in [0, 0.05) is 24.1 Å². The first-order valence-electron chi connectivity index (χ1n) is 7.38. The molecule has 1 unspecified atom stereocenters. The van der Waals surface area contributed by atoms with Crippen LogP contribution in [0.25, 0.3) is 0 Å². The monoisotopic (exact) mass is 328 g/mol. The largest absolute Gasteiger partial charge is 0.326 e. The second-order valence-corrected chi connectivity index (χ2v) is 6.52. The maximum atomic E-state index is 12.2. The average Bonchev–Trinajstić information content (AvgIpc) is 2.53. The number of rotatable bonds is 6. The molecule has 0 spiro atoms. The van der Waals surface area contributed by atoms with Gasteiger partial charge in [-0.2, -0.15) is 0 Å². The fraction of sp³-hybridized carbons (Fsp3) is 0.222. The van der Waals surface area contributed by atoms with Gasteiger partial charge in [0.1, 0.15) is 0 Å². The van der Waals surface area contributed by atoms with Crippen LogP contribution in [-0.4, -0.2) is 17.1 Å². The molecule has 0 fully saturated rings. The quantitative estimate of drug-likeness (QED) is 0.845. The van der Waals surface area contributed by atoms with Crippen molar-refractivity contribution in [3.63, 3.8) is 0 Å². The molecule has 2 aromatic rings. The predicted molar refractivity (Wildman–Crippen MR) is 96.6 cm³/mol. The highest BCUT2D eigenvalue weighted by Gasteiger charge is 2.13. The molecule has 0 aliphatic carbocycles. The molecular weight excluding hydrogens is 308 g/mol. The summed E-state index contributed by atoms with van der Waals surface area (Å²) in [5.41, 5.74) is 2.54. The van der Waals surface area contributed by atoms with Gasteiger partial charge in [0.05, 0.1) is 5.25 Å². The lowest BCUT2D eigenvalue weighted by Crippen LogP contribution is -2.22. The van der Waals surface area contributed by atoms with Gasteiger partial charge in [0.2, 0.25) is 11.8 Å². The Labute approximate surface area is 140 Å². The third kappa shape index (κ3) is 5.79. The van der Waals surface area contributed by atoms with E-state index in [1.807, 2.05) is 25.1 Å². The van der Waals surface area contributed by atoms with Gasteiger partial charge in [-0.3, -0.25) is 9.59 Å². The number of benzene rings is 2. The van der Waals surface area contributed by atoms with Crippen molar-refractivity contribution in [1.29, 1.82) is 0 Å². The van der Waals surface area contributed by atoms with Crippen molar-refractivity contribution in [3.8, 4) is 0 Å². The van der Waals surface area contributed by atoms with Gasteiger partial charge >= 0.3 is 0 Å². The molecule has 0 aromatic heterocycles. The third-order valence-corrected chi connectivity index (χ3v) is 4.38. The molecule has 0 radical (unpaired) electrons. The summed E-state index contributed by atoms with van der Waals surface area (Å²) in [6, 6.07) is 17.2. The Hall–Kier alpha value is -2.27. The van der Waals surface area contributed by atoms with Crippen molar-refractivity contribution < 1.29 is 9.59 Å². The van der Waals surface area contributed by atoms with Gasteiger partial charge < -0.3 is 10.6 Å². The third-order valence-electron chi connectivity index (χ3n) is 3.16. The molecular formula is C18H20N2O2S. The first-order chi connectivity index (χ1) is 11.0. The first-order valence-corrected chi connectivity index (χ1v) is 8.43. The number of thioether (sulfide) groups is 1. The maximum Gasteiger partial charge on any atom is 0.237 e. The number of hydrogen-bond donors (Lipinski definition) is 2. The van der Waals surface area contributed by atoms with Crippen LogP contribution in [0.1, 0.15) is 19.4 Å². The lowest BCUT2D eigenvalue weighted by atomic mass is 10.2. The normalized spacial score (nSPS) is 11.6. The van der Waals surface area contributed by atoms with Crippen molar-refractivity contribution in [2.45, 2.75) is 24.9 Å². The number of carbonyl (C=O) groups excluding carboxylic acids is 2. The van der Waals surface area contributed by atoms with Crippen LogP contribution in [0.15, 0.2) is 54.6 Å². The van der Waals surface area contributed by atoms with Crippen molar-refractivity contribution in [2.24, 2.45) is 0 Å². The number of carbonyl (C=O) groups is 2. The highest BCUT2D eigenvalue weighted by molar-refractivity contribution is 7.99. The fourth-order valence-corrected chi connectivity index (χ4v) is 2.84. The molecule has 2 amide bonds. The van der Waals surface area contributed by atoms with E-state index in [2.05, 4.69) is 22.8 Å². The molecule has 0 aliphatic rings. The summed E-state index contributed by atoms with van der Waals surface area (Å²) in [7, 11) is 0. The van der Waals surface area contributed by atoms with E-state index < -0.39 is 0 Å². The second-order valence-electron chi connectivity index (χ2n) is 5.19. The molecule has 120 valence electrons. The lowest BCUT2D eigenvalue weighted by molar-refractivity contribution is -0.115. The van der Waals surface area contributed by atoms with E-state index in [1.165, 1.54) is 12.5 Å². The Kier molecular flexibility index (Phi) is 6.23. The van der Waals surface area contributed by atoms with E-state index in [1.54, 1.807) is 36.0 Å². The molecule has 2 aromatic carbocycles. The summed E-state index contributed by atoms with van der Waals surface area (Å²) in [5, 5.41) is 5.41. The molecule has 0 bridgehead atoms. The van der Waals surface area contributed by atoms with Crippen LogP contribution in [0, 0.1) is 0 Å². The van der Waals surface area contributed by atoms with Gasteiger partial charge in [-0.15, -0.1) is 11.8 Å². The number of nitrogens with one attached hydrogen (secondary N) is 2. The highest BCUT2D eigenvalue weighted by Crippen LogP contribution is 2.20. The predicted octanol–water partition coefficient (Wildman–Crippen LogP) is 3.91. The SMILES string of the molecule is CC(=O)Nc1cccc(NC(=O)C(C)SCc2ccccc2)c1. The van der Waals surface area contributed by atoms with E-state index >= 15 is 0 Å². The zero-order chi connectivity index (χ0) is 16.7. The van der Waals surface area contributed by atoms with E-state index in [9.17, 15) is 9.59 Å². The van der Waals surface area contributed by atoms with Crippen LogP contribution < -0.4 is 10.6 Å². The summed E-state index contributed by atoms with van der Waals surface area (Å²) < 4.78 is 0. The van der Waals surface area contributed by atoms with Gasteiger partial charge in [-0.1, -0.05) is 36.4 Å². The van der Waals surface area contributed by atoms with Crippen LogP contribution >= 0.6 is 11.8 Å². The summed E-state index contributed by atoms with van der Waals surface area (Å²) in [6.07, 6.45) is 0. The molecule has 23 heavy (non-hydrogen) atoms. The zero-order valence-electron chi connectivity index (χ0n) is 13.2. The molecule has 4 nitrogen and oxygen atoms in total. The molecule has 1 atom stereocenters. The van der Waals surface area contributed by atoms with Crippen molar-refractivity contribution in [2.75, 3.05) is 10.6 Å². The van der Waals surface area contributed by atoms with Gasteiger partial charge in [-0.25, -0.2) is 0 Å². The Morgan fingerprint density at radius 1 is 1.00 bits per heavy atom. The molecule has 5 heteroatoms. The summed E-state index contributed by atoms with van der Waals surface area (Å²) in [6.45, 7) is 3.34. The Balaban J connectivity index is 1.89. The number of hydrogen-bond acceptors (Lipinski definition) is 3. The van der Waals surface area contributed by atoms with Crippen molar-refractivity contribution in [3.05, 3.63) is 60.2 Å². The Morgan fingerprint density at radius 2 is 1.65 bits per heavy atom. The topological polar surface area (TPSA) is 58.2 Å². The molecule has 0 saturated carbocycles. The fourth-order valence-electron chi connectivity index (χ4n) is 1.99. The van der Waals surface area contributed by atoms with Crippen molar-refractivity contribution in [1.82, 2.24) is 0 Å². The van der Waals surface area contributed by atoms with E-state index in [4.69, 9.17) is 0 Å². The Bertz CT molecular complexity index is 674. The number of anilines is 2. The molecule has 2 rings (SSSR count). The van der Waals surface area contributed by atoms with Crippen LogP contribution in [0.5, 0.6) is 0 Å². The van der Waals surface area contributed by atoms with Gasteiger partial charge in [-0.05, 0) is 30.7 Å². The minimum Gasteiger partial charge on any atom is -0.326 e. The average molecular weight is 328 g/mol. The smallest absolute Gasteiger partial charge is 0.237 e. The number of amides is 2. The van der Waals surface area contributed by atoms with Gasteiger partial charge in [0.15, 0.2) is 0 Å². The van der Waals surface area contributed by atoms with E-state index in [0.717, 1.165) is 5.75 Å². The summed E-state index contributed by atoms with van der Waals surface area (Å²) in [5.74, 6) is 0.604. The minimum atomic E-state index is -0.167.